The monoisotopic (exact) mass is 249 g/mol. The molecule has 0 amide bonds. The average Bonchev–Trinajstić information content (AvgIpc) is 2.80. The lowest BCUT2D eigenvalue weighted by atomic mass is 10.3. The maximum atomic E-state index is 13.2. The van der Waals surface area contributed by atoms with Crippen LogP contribution in [0.4, 0.5) is 4.39 Å². The molecule has 6 heteroatoms. The lowest BCUT2D eigenvalue weighted by molar-refractivity contribution is 0.242. The first-order valence-corrected chi connectivity index (χ1v) is 6.25. The number of hydrogen-bond donors (Lipinski definition) is 1. The molecule has 5 nitrogen and oxygen atoms in total. The summed E-state index contributed by atoms with van der Waals surface area (Å²) in [6.07, 6.45) is 2.24. The molecule has 0 bridgehead atoms. The summed E-state index contributed by atoms with van der Waals surface area (Å²) >= 11 is 0. The molecule has 2 aromatic heterocycles. The van der Waals surface area contributed by atoms with E-state index in [4.69, 9.17) is 0 Å². The molecule has 1 saturated heterocycles. The minimum Gasteiger partial charge on any atom is -0.314 e. The summed E-state index contributed by atoms with van der Waals surface area (Å²) in [5.41, 5.74) is 0.701. The van der Waals surface area contributed by atoms with Crippen LogP contribution in [0.15, 0.2) is 18.3 Å². The Hall–Kier alpha value is -1.53. The van der Waals surface area contributed by atoms with Crippen LogP contribution in [0.5, 0.6) is 0 Å². The van der Waals surface area contributed by atoms with E-state index in [1.165, 1.54) is 12.3 Å². The topological polar surface area (TPSA) is 45.5 Å². The highest BCUT2D eigenvalue weighted by Crippen LogP contribution is 2.07. The van der Waals surface area contributed by atoms with Gasteiger partial charge in [0.05, 0.1) is 0 Å². The van der Waals surface area contributed by atoms with Crippen LogP contribution in [0.1, 0.15) is 5.82 Å². The van der Waals surface area contributed by atoms with E-state index in [9.17, 15) is 4.39 Å². The SMILES string of the molecule is Fc1ccc2nnc(CCN3CCNCC3)n2c1. The molecule has 0 radical (unpaired) electrons. The molecular formula is C12H16FN5. The number of hydrogen-bond acceptors (Lipinski definition) is 4. The Bertz CT molecular complexity index is 532. The van der Waals surface area contributed by atoms with Crippen molar-refractivity contribution in [2.75, 3.05) is 32.7 Å². The molecule has 1 fully saturated rings. The van der Waals surface area contributed by atoms with E-state index >= 15 is 0 Å². The predicted octanol–water partition coefficient (Wildman–Crippen LogP) is 0.316. The molecule has 0 saturated carbocycles. The van der Waals surface area contributed by atoms with Crippen LogP contribution in [0.25, 0.3) is 5.65 Å². The van der Waals surface area contributed by atoms with Crippen molar-refractivity contribution in [2.45, 2.75) is 6.42 Å². The van der Waals surface area contributed by atoms with Gasteiger partial charge in [0.1, 0.15) is 11.6 Å². The Labute approximate surface area is 105 Å². The Kier molecular flexibility index (Phi) is 3.21. The lowest BCUT2D eigenvalue weighted by Crippen LogP contribution is -2.44. The van der Waals surface area contributed by atoms with E-state index in [1.54, 1.807) is 10.5 Å². The van der Waals surface area contributed by atoms with Crippen molar-refractivity contribution in [1.29, 1.82) is 0 Å². The van der Waals surface area contributed by atoms with E-state index in [0.717, 1.165) is 45.0 Å². The minimum absolute atomic E-state index is 0.259. The van der Waals surface area contributed by atoms with Crippen molar-refractivity contribution < 1.29 is 4.39 Å². The fourth-order valence-electron chi connectivity index (χ4n) is 2.28. The van der Waals surface area contributed by atoms with Gasteiger partial charge in [-0.2, -0.15) is 0 Å². The standard InChI is InChI=1S/C12H16FN5/c13-10-1-2-11-15-16-12(18(11)9-10)3-6-17-7-4-14-5-8-17/h1-2,9,14H,3-8H2. The molecule has 96 valence electrons. The number of nitrogens with zero attached hydrogens (tertiary/aromatic N) is 4. The van der Waals surface area contributed by atoms with Crippen LogP contribution in [-0.2, 0) is 6.42 Å². The van der Waals surface area contributed by atoms with E-state index in [2.05, 4.69) is 20.4 Å². The number of fused-ring (bicyclic) bond motifs is 1. The zero-order chi connectivity index (χ0) is 12.4. The third-order valence-corrected chi connectivity index (χ3v) is 3.30. The van der Waals surface area contributed by atoms with E-state index in [-0.39, 0.29) is 5.82 Å². The summed E-state index contributed by atoms with van der Waals surface area (Å²) in [7, 11) is 0. The van der Waals surface area contributed by atoms with E-state index < -0.39 is 0 Å². The molecule has 2 aromatic rings. The van der Waals surface area contributed by atoms with Gasteiger partial charge in [-0.25, -0.2) is 4.39 Å². The fraction of sp³-hybridized carbons (Fsp3) is 0.500. The molecule has 0 spiro atoms. The van der Waals surface area contributed by atoms with Gasteiger partial charge in [-0.1, -0.05) is 0 Å². The molecule has 0 aliphatic carbocycles. The van der Waals surface area contributed by atoms with Gasteiger partial charge in [0.15, 0.2) is 5.65 Å². The van der Waals surface area contributed by atoms with Crippen LogP contribution in [0.3, 0.4) is 0 Å². The Balaban J connectivity index is 1.72. The van der Waals surface area contributed by atoms with Crippen molar-refractivity contribution in [3.63, 3.8) is 0 Å². The molecule has 0 aromatic carbocycles. The summed E-state index contributed by atoms with van der Waals surface area (Å²) in [6, 6.07) is 3.06. The van der Waals surface area contributed by atoms with Crippen molar-refractivity contribution >= 4 is 5.65 Å². The largest absolute Gasteiger partial charge is 0.314 e. The molecule has 1 aliphatic rings. The summed E-state index contributed by atoms with van der Waals surface area (Å²) in [5.74, 6) is 0.564. The van der Waals surface area contributed by atoms with Gasteiger partial charge in [0.2, 0.25) is 0 Å². The van der Waals surface area contributed by atoms with Gasteiger partial charge in [0, 0.05) is 45.3 Å². The number of nitrogens with one attached hydrogen (secondary N) is 1. The maximum absolute atomic E-state index is 13.2. The molecule has 18 heavy (non-hydrogen) atoms. The Morgan fingerprint density at radius 1 is 1.22 bits per heavy atom. The van der Waals surface area contributed by atoms with Crippen molar-refractivity contribution in [1.82, 2.24) is 24.8 Å². The lowest BCUT2D eigenvalue weighted by Gasteiger charge is -2.26. The smallest absolute Gasteiger partial charge is 0.160 e. The van der Waals surface area contributed by atoms with E-state index in [0.29, 0.717) is 5.65 Å². The second-order valence-corrected chi connectivity index (χ2v) is 4.53. The first kappa shape index (κ1) is 11.6. The van der Waals surface area contributed by atoms with Gasteiger partial charge in [-0.05, 0) is 12.1 Å². The highest BCUT2D eigenvalue weighted by molar-refractivity contribution is 5.37. The maximum Gasteiger partial charge on any atom is 0.160 e. The third-order valence-electron chi connectivity index (χ3n) is 3.30. The van der Waals surface area contributed by atoms with Crippen LogP contribution >= 0.6 is 0 Å². The molecule has 1 N–H and O–H groups in total. The van der Waals surface area contributed by atoms with Gasteiger partial charge in [-0.15, -0.1) is 10.2 Å². The molecule has 3 rings (SSSR count). The van der Waals surface area contributed by atoms with Crippen LogP contribution in [-0.4, -0.2) is 52.2 Å². The quantitative estimate of drug-likeness (QED) is 0.850. The summed E-state index contributed by atoms with van der Waals surface area (Å²) < 4.78 is 14.9. The molecule has 3 heterocycles. The fourth-order valence-corrected chi connectivity index (χ4v) is 2.28. The number of piperazine rings is 1. The van der Waals surface area contributed by atoms with Gasteiger partial charge in [0.25, 0.3) is 0 Å². The van der Waals surface area contributed by atoms with Gasteiger partial charge < -0.3 is 10.2 Å². The van der Waals surface area contributed by atoms with E-state index in [1.807, 2.05) is 0 Å². The summed E-state index contributed by atoms with van der Waals surface area (Å²) in [6.45, 7) is 5.14. The number of rotatable bonds is 3. The van der Waals surface area contributed by atoms with Gasteiger partial charge >= 0.3 is 0 Å². The van der Waals surface area contributed by atoms with Crippen molar-refractivity contribution in [3.05, 3.63) is 30.0 Å². The molecule has 0 atom stereocenters. The summed E-state index contributed by atoms with van der Waals surface area (Å²) in [5, 5.41) is 11.5. The molecule has 1 aliphatic heterocycles. The Morgan fingerprint density at radius 3 is 2.89 bits per heavy atom. The van der Waals surface area contributed by atoms with Crippen LogP contribution in [0.2, 0.25) is 0 Å². The highest BCUT2D eigenvalue weighted by Gasteiger charge is 2.11. The third kappa shape index (κ3) is 2.34. The zero-order valence-corrected chi connectivity index (χ0v) is 10.1. The zero-order valence-electron chi connectivity index (χ0n) is 10.1. The van der Waals surface area contributed by atoms with Crippen molar-refractivity contribution in [3.8, 4) is 0 Å². The number of halogens is 1. The minimum atomic E-state index is -0.259. The van der Waals surface area contributed by atoms with Gasteiger partial charge in [-0.3, -0.25) is 4.40 Å². The first-order valence-electron chi connectivity index (χ1n) is 6.25. The number of aromatic nitrogens is 3. The normalized spacial score (nSPS) is 17.4. The molecular weight excluding hydrogens is 233 g/mol. The van der Waals surface area contributed by atoms with Crippen molar-refractivity contribution in [2.24, 2.45) is 0 Å². The average molecular weight is 249 g/mol. The number of pyridine rings is 1. The first-order chi connectivity index (χ1) is 8.83. The summed E-state index contributed by atoms with van der Waals surface area (Å²) in [4.78, 5) is 2.39. The second-order valence-electron chi connectivity index (χ2n) is 4.53. The predicted molar refractivity (Wildman–Crippen MR) is 66.0 cm³/mol. The second kappa shape index (κ2) is 4.99. The Morgan fingerprint density at radius 2 is 2.06 bits per heavy atom. The van der Waals surface area contributed by atoms with Crippen LogP contribution < -0.4 is 5.32 Å². The molecule has 0 unspecified atom stereocenters. The highest BCUT2D eigenvalue weighted by atomic mass is 19.1. The van der Waals surface area contributed by atoms with Crippen LogP contribution in [0, 0.1) is 5.82 Å².